The number of hydrogen-bond acceptors (Lipinski definition) is 3. The summed E-state index contributed by atoms with van der Waals surface area (Å²) in [5.41, 5.74) is 0.486. The standard InChI is InChI=1S/C13H12BrClO3/c1-13(2)12(17)10(14)11(18-13)7-3-4-8(6-16)9(15)5-7/h3-5,16H,6H2,1-2H3. The molecule has 0 fully saturated rings. The van der Waals surface area contributed by atoms with Gasteiger partial charge in [0.1, 0.15) is 10.2 Å². The Morgan fingerprint density at radius 2 is 2.11 bits per heavy atom. The maximum Gasteiger partial charge on any atom is 0.216 e. The van der Waals surface area contributed by atoms with E-state index < -0.39 is 5.60 Å². The van der Waals surface area contributed by atoms with Crippen LogP contribution in [0.1, 0.15) is 25.0 Å². The van der Waals surface area contributed by atoms with Crippen LogP contribution in [-0.4, -0.2) is 16.5 Å². The highest BCUT2D eigenvalue weighted by Gasteiger charge is 2.41. The first-order chi connectivity index (χ1) is 8.36. The molecule has 0 aromatic heterocycles. The van der Waals surface area contributed by atoms with Gasteiger partial charge in [-0.2, -0.15) is 0 Å². The van der Waals surface area contributed by atoms with Gasteiger partial charge in [-0.1, -0.05) is 23.7 Å². The summed E-state index contributed by atoms with van der Waals surface area (Å²) in [7, 11) is 0. The van der Waals surface area contributed by atoms with Crippen molar-refractivity contribution in [1.82, 2.24) is 0 Å². The summed E-state index contributed by atoms with van der Waals surface area (Å²) in [6, 6.07) is 5.16. The van der Waals surface area contributed by atoms with Crippen molar-refractivity contribution in [3.8, 4) is 0 Å². The van der Waals surface area contributed by atoms with E-state index in [1.54, 1.807) is 32.0 Å². The zero-order valence-corrected chi connectivity index (χ0v) is 12.3. The molecular weight excluding hydrogens is 319 g/mol. The topological polar surface area (TPSA) is 46.5 Å². The number of rotatable bonds is 2. The predicted molar refractivity (Wildman–Crippen MR) is 73.4 cm³/mol. The van der Waals surface area contributed by atoms with E-state index in [9.17, 15) is 4.79 Å². The van der Waals surface area contributed by atoms with Crippen LogP contribution in [0.4, 0.5) is 0 Å². The predicted octanol–water partition coefficient (Wildman–Crippen LogP) is 3.27. The van der Waals surface area contributed by atoms with Crippen LogP contribution in [0.25, 0.3) is 5.76 Å². The molecule has 0 aliphatic carbocycles. The molecule has 5 heteroatoms. The molecule has 18 heavy (non-hydrogen) atoms. The third-order valence-electron chi connectivity index (χ3n) is 2.79. The van der Waals surface area contributed by atoms with E-state index in [1.165, 1.54) is 0 Å². The molecular formula is C13H12BrClO3. The summed E-state index contributed by atoms with van der Waals surface area (Å²) < 4.78 is 6.07. The van der Waals surface area contributed by atoms with Crippen molar-refractivity contribution in [3.05, 3.63) is 38.8 Å². The molecule has 1 aliphatic rings. The minimum absolute atomic E-state index is 0.0974. The molecule has 1 aromatic carbocycles. The van der Waals surface area contributed by atoms with Crippen molar-refractivity contribution in [1.29, 1.82) is 0 Å². The lowest BCUT2D eigenvalue weighted by Crippen LogP contribution is -2.28. The van der Waals surface area contributed by atoms with Gasteiger partial charge in [0, 0.05) is 10.6 Å². The lowest BCUT2D eigenvalue weighted by molar-refractivity contribution is -0.125. The smallest absolute Gasteiger partial charge is 0.216 e. The van der Waals surface area contributed by atoms with Gasteiger partial charge < -0.3 is 9.84 Å². The highest BCUT2D eigenvalue weighted by molar-refractivity contribution is 9.12. The lowest BCUT2D eigenvalue weighted by Gasteiger charge is -2.18. The summed E-state index contributed by atoms with van der Waals surface area (Å²) in [6.45, 7) is 3.31. The van der Waals surface area contributed by atoms with Gasteiger partial charge in [-0.25, -0.2) is 0 Å². The number of aliphatic hydroxyl groups is 1. The molecule has 1 aliphatic heterocycles. The van der Waals surface area contributed by atoms with Crippen molar-refractivity contribution in [3.63, 3.8) is 0 Å². The number of carbonyl (C=O) groups is 1. The van der Waals surface area contributed by atoms with Crippen LogP contribution in [-0.2, 0) is 16.1 Å². The number of ether oxygens (including phenoxy) is 1. The average molecular weight is 332 g/mol. The van der Waals surface area contributed by atoms with Gasteiger partial charge in [-0.05, 0) is 41.4 Å². The first-order valence-electron chi connectivity index (χ1n) is 5.40. The van der Waals surface area contributed by atoms with Crippen LogP contribution in [0, 0.1) is 0 Å². The monoisotopic (exact) mass is 330 g/mol. The number of benzene rings is 1. The number of hydrogen-bond donors (Lipinski definition) is 1. The number of aliphatic hydroxyl groups excluding tert-OH is 1. The van der Waals surface area contributed by atoms with Gasteiger partial charge in [-0.3, -0.25) is 4.79 Å². The molecule has 0 radical (unpaired) electrons. The quantitative estimate of drug-likeness (QED) is 0.904. The van der Waals surface area contributed by atoms with Gasteiger partial charge in [0.15, 0.2) is 5.60 Å². The molecule has 0 bridgehead atoms. The van der Waals surface area contributed by atoms with Crippen LogP contribution >= 0.6 is 27.5 Å². The number of ketones is 1. The van der Waals surface area contributed by atoms with Crippen molar-refractivity contribution >= 4 is 39.1 Å². The Morgan fingerprint density at radius 3 is 2.56 bits per heavy atom. The second kappa shape index (κ2) is 4.68. The molecule has 1 heterocycles. The lowest BCUT2D eigenvalue weighted by atomic mass is 10.1. The van der Waals surface area contributed by atoms with Crippen LogP contribution < -0.4 is 0 Å². The normalized spacial score (nSPS) is 18.2. The first kappa shape index (κ1) is 13.6. The maximum absolute atomic E-state index is 11.9. The third-order valence-corrected chi connectivity index (χ3v) is 3.86. The highest BCUT2D eigenvalue weighted by atomic mass is 79.9. The SMILES string of the molecule is CC1(C)OC(c2ccc(CO)c(Cl)c2)=C(Br)C1=O. The molecule has 1 aromatic rings. The van der Waals surface area contributed by atoms with Gasteiger partial charge >= 0.3 is 0 Å². The number of Topliss-reactive ketones (excluding diaryl/α,β-unsaturated/α-hetero) is 1. The molecule has 0 spiro atoms. The van der Waals surface area contributed by atoms with E-state index in [1.807, 2.05) is 0 Å². The van der Waals surface area contributed by atoms with Crippen LogP contribution in [0.5, 0.6) is 0 Å². The Labute approximate surface area is 119 Å². The minimum atomic E-state index is -0.865. The average Bonchev–Trinajstić information content (AvgIpc) is 2.53. The molecule has 0 unspecified atom stereocenters. The van der Waals surface area contributed by atoms with Gasteiger partial charge in [0.05, 0.1) is 6.61 Å². The molecule has 0 amide bonds. The fourth-order valence-corrected chi connectivity index (χ4v) is 2.74. The summed E-state index contributed by atoms with van der Waals surface area (Å²) in [6.07, 6.45) is 0. The molecule has 3 nitrogen and oxygen atoms in total. The minimum Gasteiger partial charge on any atom is -0.478 e. The van der Waals surface area contributed by atoms with Crippen molar-refractivity contribution in [2.75, 3.05) is 0 Å². The Morgan fingerprint density at radius 1 is 1.44 bits per heavy atom. The highest BCUT2D eigenvalue weighted by Crippen LogP contribution is 2.39. The van der Waals surface area contributed by atoms with Crippen LogP contribution in [0.3, 0.4) is 0 Å². The van der Waals surface area contributed by atoms with Gasteiger partial charge in [-0.15, -0.1) is 0 Å². The van der Waals surface area contributed by atoms with E-state index in [-0.39, 0.29) is 12.4 Å². The van der Waals surface area contributed by atoms with E-state index in [0.29, 0.717) is 26.4 Å². The molecule has 2 rings (SSSR count). The third kappa shape index (κ3) is 2.20. The summed E-state index contributed by atoms with van der Waals surface area (Å²) in [4.78, 5) is 11.9. The van der Waals surface area contributed by atoms with Crippen LogP contribution in [0.15, 0.2) is 22.7 Å². The fourth-order valence-electron chi connectivity index (χ4n) is 1.72. The zero-order chi connectivity index (χ0) is 13.5. The van der Waals surface area contributed by atoms with Crippen molar-refractivity contribution < 1.29 is 14.6 Å². The zero-order valence-electron chi connectivity index (χ0n) is 9.96. The largest absolute Gasteiger partial charge is 0.478 e. The Bertz CT molecular complexity index is 549. The van der Waals surface area contributed by atoms with Gasteiger partial charge in [0.25, 0.3) is 0 Å². The maximum atomic E-state index is 11.9. The van der Waals surface area contributed by atoms with Crippen molar-refractivity contribution in [2.24, 2.45) is 0 Å². The van der Waals surface area contributed by atoms with E-state index in [2.05, 4.69) is 15.9 Å². The summed E-state index contributed by atoms with van der Waals surface area (Å²) >= 11 is 9.28. The molecule has 0 saturated carbocycles. The molecule has 0 saturated heterocycles. The molecule has 96 valence electrons. The van der Waals surface area contributed by atoms with Crippen LogP contribution in [0.2, 0.25) is 5.02 Å². The van der Waals surface area contributed by atoms with Gasteiger partial charge in [0.2, 0.25) is 5.78 Å². The number of carbonyl (C=O) groups excluding carboxylic acids is 1. The summed E-state index contributed by atoms with van der Waals surface area (Å²) in [5.74, 6) is 0.385. The summed E-state index contributed by atoms with van der Waals surface area (Å²) in [5, 5.41) is 9.51. The second-order valence-electron chi connectivity index (χ2n) is 4.55. The Hall–Kier alpha value is -0.840. The first-order valence-corrected chi connectivity index (χ1v) is 6.57. The second-order valence-corrected chi connectivity index (χ2v) is 5.75. The van der Waals surface area contributed by atoms with E-state index in [4.69, 9.17) is 21.4 Å². The fraction of sp³-hybridized carbons (Fsp3) is 0.308. The van der Waals surface area contributed by atoms with E-state index >= 15 is 0 Å². The number of halogens is 2. The molecule has 1 N–H and O–H groups in total. The Balaban J connectivity index is 2.45. The Kier molecular flexibility index (Phi) is 3.54. The van der Waals surface area contributed by atoms with E-state index in [0.717, 1.165) is 0 Å². The van der Waals surface area contributed by atoms with Crippen molar-refractivity contribution in [2.45, 2.75) is 26.1 Å². The molecule has 0 atom stereocenters.